The van der Waals surface area contributed by atoms with Crippen molar-refractivity contribution in [3.8, 4) is 5.75 Å². The number of methoxy groups -OCH3 is 1. The third-order valence-electron chi connectivity index (χ3n) is 5.76. The second kappa shape index (κ2) is 9.62. The van der Waals surface area contributed by atoms with Gasteiger partial charge >= 0.3 is 0 Å². The molecule has 0 bridgehead atoms. The zero-order valence-corrected chi connectivity index (χ0v) is 19.0. The number of hydrogen-bond acceptors (Lipinski definition) is 4. The number of hydrogen-bond donors (Lipinski definition) is 1. The Labute approximate surface area is 193 Å². The maximum absolute atomic E-state index is 14.7. The maximum Gasteiger partial charge on any atom is 0.264 e. The fourth-order valence-electron chi connectivity index (χ4n) is 4.10. The smallest absolute Gasteiger partial charge is 0.264 e. The molecule has 0 spiro atoms. The van der Waals surface area contributed by atoms with E-state index in [0.717, 1.165) is 29.1 Å². The van der Waals surface area contributed by atoms with Crippen LogP contribution in [0.15, 0.2) is 77.7 Å². The van der Waals surface area contributed by atoms with Crippen molar-refractivity contribution in [2.24, 2.45) is 0 Å². The first kappa shape index (κ1) is 22.8. The van der Waals surface area contributed by atoms with E-state index in [2.05, 4.69) is 5.32 Å². The first-order chi connectivity index (χ1) is 15.9. The predicted molar refractivity (Wildman–Crippen MR) is 124 cm³/mol. The summed E-state index contributed by atoms with van der Waals surface area (Å²) < 4.78 is 47.5. The Bertz CT molecular complexity index is 1250. The molecule has 0 radical (unpaired) electrons. The number of carbonyl (C=O) groups excluding carboxylic acids is 1. The van der Waals surface area contributed by atoms with Crippen LogP contribution < -0.4 is 14.4 Å². The van der Waals surface area contributed by atoms with Gasteiger partial charge in [-0.3, -0.25) is 9.10 Å². The van der Waals surface area contributed by atoms with Crippen LogP contribution in [-0.2, 0) is 21.2 Å². The topological polar surface area (TPSA) is 75.7 Å². The number of fused-ring (bicyclic) bond motifs is 1. The van der Waals surface area contributed by atoms with Crippen LogP contribution in [0.2, 0.25) is 0 Å². The van der Waals surface area contributed by atoms with Gasteiger partial charge in [-0.2, -0.15) is 0 Å². The molecule has 33 heavy (non-hydrogen) atoms. The Kier molecular flexibility index (Phi) is 6.65. The molecule has 0 heterocycles. The zero-order chi connectivity index (χ0) is 23.4. The molecule has 1 N–H and O–H groups in total. The van der Waals surface area contributed by atoms with Gasteiger partial charge in [0.2, 0.25) is 5.91 Å². The molecule has 3 aromatic rings. The lowest BCUT2D eigenvalue weighted by molar-refractivity contribution is -0.120. The molecule has 1 unspecified atom stereocenters. The van der Waals surface area contributed by atoms with Gasteiger partial charge in [-0.05, 0) is 66.8 Å². The highest BCUT2D eigenvalue weighted by molar-refractivity contribution is 7.92. The van der Waals surface area contributed by atoms with Gasteiger partial charge in [0, 0.05) is 0 Å². The summed E-state index contributed by atoms with van der Waals surface area (Å²) in [4.78, 5) is 13.0. The fraction of sp³-hybridized carbons (Fsp3) is 0.240. The van der Waals surface area contributed by atoms with Crippen molar-refractivity contribution in [3.63, 3.8) is 0 Å². The van der Waals surface area contributed by atoms with Gasteiger partial charge < -0.3 is 10.1 Å². The number of aryl methyl sites for hydroxylation is 1. The summed E-state index contributed by atoms with van der Waals surface area (Å²) >= 11 is 0. The monoisotopic (exact) mass is 468 g/mol. The van der Waals surface area contributed by atoms with Gasteiger partial charge in [0.15, 0.2) is 0 Å². The van der Waals surface area contributed by atoms with Crippen LogP contribution >= 0.6 is 0 Å². The van der Waals surface area contributed by atoms with E-state index in [1.807, 2.05) is 24.3 Å². The van der Waals surface area contributed by atoms with Crippen LogP contribution in [0.25, 0.3) is 0 Å². The van der Waals surface area contributed by atoms with E-state index in [0.29, 0.717) is 5.75 Å². The highest BCUT2D eigenvalue weighted by atomic mass is 32.2. The van der Waals surface area contributed by atoms with Crippen molar-refractivity contribution < 1.29 is 22.3 Å². The number of carbonyl (C=O) groups is 1. The Balaban J connectivity index is 1.63. The minimum Gasteiger partial charge on any atom is -0.497 e. The van der Waals surface area contributed by atoms with E-state index in [-0.39, 0.29) is 16.6 Å². The maximum atomic E-state index is 14.7. The van der Waals surface area contributed by atoms with Gasteiger partial charge in [-0.1, -0.05) is 36.4 Å². The predicted octanol–water partition coefficient (Wildman–Crippen LogP) is 4.22. The lowest BCUT2D eigenvalue weighted by Gasteiger charge is -2.29. The van der Waals surface area contributed by atoms with Crippen molar-refractivity contribution in [1.82, 2.24) is 5.32 Å². The summed E-state index contributed by atoms with van der Waals surface area (Å²) in [6.45, 7) is -0.548. The molecule has 8 heteroatoms. The first-order valence-electron chi connectivity index (χ1n) is 10.7. The standard InChI is InChI=1S/C25H25FN2O4S/c1-32-19-13-15-20(16-14-19)33(30,31)28(24-12-5-4-10-22(24)26)17-25(29)27-23-11-6-8-18-7-2-3-9-21(18)23/h2-5,7,9-10,12-16,23H,6,8,11,17H2,1H3,(H,27,29). The summed E-state index contributed by atoms with van der Waals surface area (Å²) in [7, 11) is -2.75. The highest BCUT2D eigenvalue weighted by Crippen LogP contribution is 2.30. The molecule has 1 atom stereocenters. The summed E-state index contributed by atoms with van der Waals surface area (Å²) in [5.41, 5.74) is 2.02. The number of amides is 1. The second-order valence-corrected chi connectivity index (χ2v) is 9.71. The number of nitrogens with zero attached hydrogens (tertiary/aromatic N) is 1. The Hall–Kier alpha value is -3.39. The average molecular weight is 469 g/mol. The molecule has 1 aliphatic carbocycles. The number of benzene rings is 3. The molecule has 0 fully saturated rings. The van der Waals surface area contributed by atoms with Crippen molar-refractivity contribution in [2.45, 2.75) is 30.2 Å². The van der Waals surface area contributed by atoms with Gasteiger partial charge in [0.1, 0.15) is 18.1 Å². The van der Waals surface area contributed by atoms with Gasteiger partial charge in [0.05, 0.1) is 23.7 Å². The molecule has 1 aliphatic rings. The lowest BCUT2D eigenvalue weighted by atomic mass is 9.88. The molecule has 0 aliphatic heterocycles. The third-order valence-corrected chi connectivity index (χ3v) is 7.53. The van der Waals surface area contributed by atoms with E-state index in [4.69, 9.17) is 4.74 Å². The SMILES string of the molecule is COc1ccc(S(=O)(=O)N(CC(=O)NC2CCCc3ccccc32)c2ccccc2F)cc1. The average Bonchev–Trinajstić information content (AvgIpc) is 2.83. The van der Waals surface area contributed by atoms with Crippen LogP contribution in [0.1, 0.15) is 30.0 Å². The molecular weight excluding hydrogens is 443 g/mol. The van der Waals surface area contributed by atoms with E-state index in [1.165, 1.54) is 61.2 Å². The Morgan fingerprint density at radius 3 is 2.48 bits per heavy atom. The van der Waals surface area contributed by atoms with E-state index in [9.17, 15) is 17.6 Å². The molecule has 0 saturated heterocycles. The van der Waals surface area contributed by atoms with Crippen molar-refractivity contribution in [3.05, 3.63) is 89.7 Å². The highest BCUT2D eigenvalue weighted by Gasteiger charge is 2.30. The number of nitrogens with one attached hydrogen (secondary N) is 1. The van der Waals surface area contributed by atoms with Crippen molar-refractivity contribution >= 4 is 21.6 Å². The van der Waals surface area contributed by atoms with E-state index < -0.39 is 28.3 Å². The van der Waals surface area contributed by atoms with Gasteiger partial charge in [-0.25, -0.2) is 12.8 Å². The quantitative estimate of drug-likeness (QED) is 0.563. The molecule has 1 amide bonds. The molecule has 172 valence electrons. The minimum atomic E-state index is -4.22. The summed E-state index contributed by atoms with van der Waals surface area (Å²) in [6, 6.07) is 18.9. The fourth-order valence-corrected chi connectivity index (χ4v) is 5.53. The minimum absolute atomic E-state index is 0.0673. The number of para-hydroxylation sites is 1. The van der Waals surface area contributed by atoms with Crippen LogP contribution in [0.3, 0.4) is 0 Å². The van der Waals surface area contributed by atoms with Crippen molar-refractivity contribution in [1.29, 1.82) is 0 Å². The molecule has 4 rings (SSSR count). The summed E-state index contributed by atoms with van der Waals surface area (Å²) in [6.07, 6.45) is 2.62. The van der Waals surface area contributed by atoms with Gasteiger partial charge in [-0.15, -0.1) is 0 Å². The first-order valence-corrected chi connectivity index (χ1v) is 12.1. The number of halogens is 1. The largest absolute Gasteiger partial charge is 0.497 e. The molecule has 0 aromatic heterocycles. The molecule has 3 aromatic carbocycles. The van der Waals surface area contributed by atoms with Gasteiger partial charge in [0.25, 0.3) is 10.0 Å². The number of ether oxygens (including phenoxy) is 1. The number of sulfonamides is 1. The Morgan fingerprint density at radius 2 is 1.76 bits per heavy atom. The normalized spacial score (nSPS) is 15.4. The number of rotatable bonds is 7. The zero-order valence-electron chi connectivity index (χ0n) is 18.2. The number of anilines is 1. The van der Waals surface area contributed by atoms with Crippen molar-refractivity contribution in [2.75, 3.05) is 18.0 Å². The molecular formula is C25H25FN2O4S. The molecule has 6 nitrogen and oxygen atoms in total. The summed E-state index contributed by atoms with van der Waals surface area (Å²) in [5.74, 6) is -0.748. The summed E-state index contributed by atoms with van der Waals surface area (Å²) in [5, 5.41) is 2.95. The van der Waals surface area contributed by atoms with Crippen LogP contribution in [-0.4, -0.2) is 28.0 Å². The van der Waals surface area contributed by atoms with Crippen LogP contribution in [0.5, 0.6) is 5.75 Å². The van der Waals surface area contributed by atoms with E-state index >= 15 is 0 Å². The Morgan fingerprint density at radius 1 is 1.06 bits per heavy atom. The second-order valence-electron chi connectivity index (χ2n) is 7.85. The van der Waals surface area contributed by atoms with Crippen LogP contribution in [0.4, 0.5) is 10.1 Å². The molecule has 0 saturated carbocycles. The third kappa shape index (κ3) is 4.85. The van der Waals surface area contributed by atoms with E-state index in [1.54, 1.807) is 0 Å². The van der Waals surface area contributed by atoms with Crippen LogP contribution in [0, 0.1) is 5.82 Å². The lowest BCUT2D eigenvalue weighted by Crippen LogP contribution is -2.42.